The lowest BCUT2D eigenvalue weighted by Crippen LogP contribution is -2.29. The fourth-order valence-corrected chi connectivity index (χ4v) is 4.29. The maximum absolute atomic E-state index is 12.8. The van der Waals surface area contributed by atoms with E-state index >= 15 is 0 Å². The van der Waals surface area contributed by atoms with Crippen LogP contribution >= 0.6 is 0 Å². The van der Waals surface area contributed by atoms with Gasteiger partial charge in [0.25, 0.3) is 11.6 Å². The average molecular weight is 462 g/mol. The molecule has 0 radical (unpaired) electrons. The summed E-state index contributed by atoms with van der Waals surface area (Å²) in [6.07, 6.45) is 3.65. The third-order valence-electron chi connectivity index (χ3n) is 5.35. The number of nitro benzene ring substituents is 1. The minimum Gasteiger partial charge on any atom is -0.493 e. The number of amides is 1. The molecule has 10 heteroatoms. The molecule has 3 rings (SSSR count). The monoisotopic (exact) mass is 461 g/mol. The van der Waals surface area contributed by atoms with Gasteiger partial charge in [0.15, 0.2) is 9.84 Å². The van der Waals surface area contributed by atoms with Crippen LogP contribution in [0.1, 0.15) is 29.6 Å². The maximum Gasteiger partial charge on any atom is 0.293 e. The van der Waals surface area contributed by atoms with Crippen molar-refractivity contribution in [3.8, 4) is 5.75 Å². The molecule has 2 aromatic rings. The van der Waals surface area contributed by atoms with E-state index in [-0.39, 0.29) is 22.1 Å². The Labute approximate surface area is 187 Å². The lowest BCUT2D eigenvalue weighted by molar-refractivity contribution is -0.384. The Hall–Kier alpha value is -3.14. The van der Waals surface area contributed by atoms with Crippen LogP contribution in [0.15, 0.2) is 47.4 Å². The van der Waals surface area contributed by atoms with Crippen molar-refractivity contribution in [2.24, 2.45) is 0 Å². The molecule has 0 unspecified atom stereocenters. The van der Waals surface area contributed by atoms with Gasteiger partial charge in [-0.2, -0.15) is 0 Å². The molecule has 1 aliphatic heterocycles. The maximum atomic E-state index is 12.8. The molecule has 1 amide bonds. The van der Waals surface area contributed by atoms with E-state index in [0.29, 0.717) is 31.0 Å². The molecule has 1 heterocycles. The normalized spacial score (nSPS) is 13.8. The Morgan fingerprint density at radius 1 is 1.19 bits per heavy atom. The highest BCUT2D eigenvalue weighted by molar-refractivity contribution is 7.90. The number of hydrogen-bond donors (Lipinski definition) is 0. The van der Waals surface area contributed by atoms with Gasteiger partial charge in [0, 0.05) is 44.6 Å². The highest BCUT2D eigenvalue weighted by Gasteiger charge is 2.24. The summed E-state index contributed by atoms with van der Waals surface area (Å²) in [6, 6.07) is 10.9. The van der Waals surface area contributed by atoms with Crippen molar-refractivity contribution in [2.75, 3.05) is 44.4 Å². The summed E-state index contributed by atoms with van der Waals surface area (Å²) in [5, 5.41) is 11.6. The molecule has 1 fully saturated rings. The van der Waals surface area contributed by atoms with E-state index in [2.05, 4.69) is 0 Å². The summed E-state index contributed by atoms with van der Waals surface area (Å²) in [7, 11) is -1.68. The molecule has 0 aliphatic carbocycles. The van der Waals surface area contributed by atoms with Crippen LogP contribution in [0, 0.1) is 10.1 Å². The number of nitro groups is 1. The van der Waals surface area contributed by atoms with E-state index in [1.54, 1.807) is 31.3 Å². The van der Waals surface area contributed by atoms with Gasteiger partial charge in [-0.1, -0.05) is 6.07 Å². The van der Waals surface area contributed by atoms with Crippen molar-refractivity contribution in [3.63, 3.8) is 0 Å². The van der Waals surface area contributed by atoms with E-state index < -0.39 is 14.8 Å². The van der Waals surface area contributed by atoms with Crippen molar-refractivity contribution >= 4 is 27.1 Å². The predicted molar refractivity (Wildman–Crippen MR) is 121 cm³/mol. The first-order valence-electron chi connectivity index (χ1n) is 10.4. The van der Waals surface area contributed by atoms with Crippen LogP contribution in [0.3, 0.4) is 0 Å². The molecule has 9 nitrogen and oxygen atoms in total. The van der Waals surface area contributed by atoms with Crippen LogP contribution < -0.4 is 9.64 Å². The van der Waals surface area contributed by atoms with E-state index in [4.69, 9.17) is 4.74 Å². The second kappa shape index (κ2) is 9.99. The van der Waals surface area contributed by atoms with Gasteiger partial charge in [-0.3, -0.25) is 14.9 Å². The smallest absolute Gasteiger partial charge is 0.293 e. The molecule has 1 saturated heterocycles. The largest absolute Gasteiger partial charge is 0.493 e. The van der Waals surface area contributed by atoms with Crippen molar-refractivity contribution in [1.29, 1.82) is 0 Å². The van der Waals surface area contributed by atoms with Gasteiger partial charge in [0.05, 0.1) is 16.4 Å². The molecule has 1 aliphatic rings. The van der Waals surface area contributed by atoms with Crippen LogP contribution in [0.25, 0.3) is 0 Å². The number of carbonyl (C=O) groups is 1. The average Bonchev–Trinajstić information content (AvgIpc) is 3.30. The topological polar surface area (TPSA) is 110 Å². The summed E-state index contributed by atoms with van der Waals surface area (Å²) in [4.78, 5) is 27.5. The third-order valence-corrected chi connectivity index (χ3v) is 6.46. The number of nitrogens with zero attached hydrogens (tertiary/aromatic N) is 3. The molecule has 0 bridgehead atoms. The van der Waals surface area contributed by atoms with Gasteiger partial charge in [0.2, 0.25) is 0 Å². The van der Waals surface area contributed by atoms with Crippen LogP contribution in [-0.4, -0.2) is 63.7 Å². The number of carbonyl (C=O) groups excluding carboxylic acids is 1. The Morgan fingerprint density at radius 3 is 2.56 bits per heavy atom. The minimum absolute atomic E-state index is 0.0553. The van der Waals surface area contributed by atoms with Crippen LogP contribution in [0.2, 0.25) is 0 Å². The Morgan fingerprint density at radius 2 is 1.91 bits per heavy atom. The van der Waals surface area contributed by atoms with Gasteiger partial charge in [0.1, 0.15) is 11.4 Å². The lowest BCUT2D eigenvalue weighted by Gasteiger charge is -2.20. The third kappa shape index (κ3) is 5.76. The summed E-state index contributed by atoms with van der Waals surface area (Å²) in [5.74, 6) is 0.134. The van der Waals surface area contributed by atoms with Crippen LogP contribution in [0.4, 0.5) is 11.4 Å². The van der Waals surface area contributed by atoms with Gasteiger partial charge >= 0.3 is 0 Å². The first-order valence-corrected chi connectivity index (χ1v) is 12.3. The van der Waals surface area contributed by atoms with Crippen LogP contribution in [0.5, 0.6) is 5.75 Å². The molecule has 0 aromatic heterocycles. The van der Waals surface area contributed by atoms with Gasteiger partial charge < -0.3 is 14.5 Å². The number of ether oxygens (including phenoxy) is 1. The first kappa shape index (κ1) is 23.5. The number of rotatable bonds is 9. The Bertz CT molecular complexity index is 1100. The number of sulfone groups is 1. The summed E-state index contributed by atoms with van der Waals surface area (Å²) >= 11 is 0. The van der Waals surface area contributed by atoms with Gasteiger partial charge in [-0.15, -0.1) is 0 Å². The second-order valence-corrected chi connectivity index (χ2v) is 9.85. The molecule has 0 atom stereocenters. The molecule has 0 spiro atoms. The second-order valence-electron chi connectivity index (χ2n) is 7.83. The van der Waals surface area contributed by atoms with Gasteiger partial charge in [-0.05, 0) is 49.6 Å². The fraction of sp³-hybridized carbons (Fsp3) is 0.409. The Kier molecular flexibility index (Phi) is 7.34. The molecule has 2 aromatic carbocycles. The SMILES string of the molecule is CN(CCCOc1cccc(S(C)(=O)=O)c1)C(=O)c1ccc(N2CCCC2)c([N+](=O)[O-])c1. The number of anilines is 1. The first-order chi connectivity index (χ1) is 15.2. The predicted octanol–water partition coefficient (Wildman–Crippen LogP) is 3.14. The van der Waals surface area contributed by atoms with E-state index in [9.17, 15) is 23.3 Å². The summed E-state index contributed by atoms with van der Waals surface area (Å²) in [6.45, 7) is 2.23. The van der Waals surface area contributed by atoms with E-state index in [1.165, 1.54) is 23.1 Å². The number of benzene rings is 2. The molecule has 172 valence electrons. The Balaban J connectivity index is 1.58. The lowest BCUT2D eigenvalue weighted by atomic mass is 10.1. The minimum atomic E-state index is -3.31. The quantitative estimate of drug-likeness (QED) is 0.320. The molecule has 0 saturated carbocycles. The molecular weight excluding hydrogens is 434 g/mol. The zero-order valence-corrected chi connectivity index (χ0v) is 19.0. The molecular formula is C22H27N3O6S. The number of hydrogen-bond acceptors (Lipinski definition) is 7. The highest BCUT2D eigenvalue weighted by atomic mass is 32.2. The molecule has 32 heavy (non-hydrogen) atoms. The zero-order valence-electron chi connectivity index (χ0n) is 18.2. The van der Waals surface area contributed by atoms with E-state index in [0.717, 1.165) is 32.2 Å². The molecule has 0 N–H and O–H groups in total. The van der Waals surface area contributed by atoms with Crippen molar-refractivity contribution in [3.05, 3.63) is 58.1 Å². The standard InChI is InChI=1S/C22H27N3O6S/c1-23(11-6-14-31-18-7-5-8-19(16-18)32(2,29)30)22(26)17-9-10-20(21(15-17)25(27)28)24-12-3-4-13-24/h5,7-10,15-16H,3-4,6,11-14H2,1-2H3. The van der Waals surface area contributed by atoms with E-state index in [1.807, 2.05) is 4.90 Å². The van der Waals surface area contributed by atoms with Crippen molar-refractivity contribution < 1.29 is 22.9 Å². The highest BCUT2D eigenvalue weighted by Crippen LogP contribution is 2.32. The zero-order chi connectivity index (χ0) is 23.3. The van der Waals surface area contributed by atoms with Gasteiger partial charge in [-0.25, -0.2) is 8.42 Å². The summed E-state index contributed by atoms with van der Waals surface area (Å²) in [5.41, 5.74) is 0.764. The fourth-order valence-electron chi connectivity index (χ4n) is 3.64. The van der Waals surface area contributed by atoms with Crippen LogP contribution in [-0.2, 0) is 9.84 Å². The van der Waals surface area contributed by atoms with Crippen molar-refractivity contribution in [1.82, 2.24) is 4.90 Å². The van der Waals surface area contributed by atoms with Crippen molar-refractivity contribution in [2.45, 2.75) is 24.2 Å². The summed E-state index contributed by atoms with van der Waals surface area (Å²) < 4.78 is 28.9.